The molecule has 0 amide bonds. The summed E-state index contributed by atoms with van der Waals surface area (Å²) in [5.41, 5.74) is 0.695. The number of aromatic hydroxyl groups is 1. The number of benzene rings is 2. The first-order valence-corrected chi connectivity index (χ1v) is 7.83. The Morgan fingerprint density at radius 3 is 2.73 bits per heavy atom. The van der Waals surface area contributed by atoms with Crippen molar-refractivity contribution < 1.29 is 23.7 Å². The van der Waals surface area contributed by atoms with E-state index in [4.69, 9.17) is 14.2 Å². The molecule has 0 aliphatic heterocycles. The maximum Gasteiger partial charge on any atom is 0.188 e. The normalized spacial score (nSPS) is 10.7. The van der Waals surface area contributed by atoms with Crippen molar-refractivity contribution in [2.45, 2.75) is 0 Å². The number of nitrogens with zero attached hydrogens (tertiary/aromatic N) is 2. The molecule has 0 radical (unpaired) electrons. The lowest BCUT2D eigenvalue weighted by Gasteiger charge is -2.14. The Morgan fingerprint density at radius 1 is 1.12 bits per heavy atom. The lowest BCUT2D eigenvalue weighted by molar-refractivity contribution is 0.144. The molecule has 3 rings (SSSR count). The van der Waals surface area contributed by atoms with Crippen LogP contribution >= 0.6 is 0 Å². The highest BCUT2D eigenvalue weighted by molar-refractivity contribution is 5.93. The highest BCUT2D eigenvalue weighted by Crippen LogP contribution is 2.35. The van der Waals surface area contributed by atoms with Gasteiger partial charge in [0.2, 0.25) is 0 Å². The number of hydrogen-bond donors (Lipinski definition) is 2. The van der Waals surface area contributed by atoms with Crippen LogP contribution in [0.1, 0.15) is 0 Å². The van der Waals surface area contributed by atoms with Gasteiger partial charge in [-0.05, 0) is 18.2 Å². The van der Waals surface area contributed by atoms with Gasteiger partial charge in [0.25, 0.3) is 0 Å². The summed E-state index contributed by atoms with van der Waals surface area (Å²) < 4.78 is 30.0. The van der Waals surface area contributed by atoms with Crippen LogP contribution in [-0.2, 0) is 4.74 Å². The van der Waals surface area contributed by atoms with E-state index >= 15 is 0 Å². The molecule has 0 aliphatic carbocycles. The zero-order valence-electron chi connectivity index (χ0n) is 14.3. The van der Waals surface area contributed by atoms with Crippen LogP contribution in [0.3, 0.4) is 0 Å². The number of anilines is 2. The van der Waals surface area contributed by atoms with Crippen molar-refractivity contribution in [3.8, 4) is 17.2 Å². The van der Waals surface area contributed by atoms with Gasteiger partial charge < -0.3 is 24.6 Å². The standard InChI is InChI=1S/C18H18FN3O4/c1-24-6-7-26-16-9-13-11(8-15(16)25-2)18(21-10-20-13)22-12-4-3-5-14(23)17(12)19/h3-5,8-10,23H,6-7H2,1-2H3,(H,20,21,22). The minimum Gasteiger partial charge on any atom is -0.505 e. The summed E-state index contributed by atoms with van der Waals surface area (Å²) in [6.07, 6.45) is 1.36. The van der Waals surface area contributed by atoms with Gasteiger partial charge in [-0.2, -0.15) is 0 Å². The largest absolute Gasteiger partial charge is 0.505 e. The van der Waals surface area contributed by atoms with Crippen molar-refractivity contribution in [2.75, 3.05) is 32.8 Å². The zero-order valence-corrected chi connectivity index (χ0v) is 14.3. The maximum absolute atomic E-state index is 14.1. The minimum atomic E-state index is -0.759. The van der Waals surface area contributed by atoms with E-state index in [-0.39, 0.29) is 5.69 Å². The van der Waals surface area contributed by atoms with Gasteiger partial charge >= 0.3 is 0 Å². The fourth-order valence-electron chi connectivity index (χ4n) is 2.41. The molecule has 1 aromatic heterocycles. The molecule has 3 aromatic rings. The number of halogens is 1. The second-order valence-corrected chi connectivity index (χ2v) is 5.35. The summed E-state index contributed by atoms with van der Waals surface area (Å²) in [7, 11) is 3.11. The maximum atomic E-state index is 14.1. The zero-order chi connectivity index (χ0) is 18.5. The van der Waals surface area contributed by atoms with Crippen LogP contribution in [0.15, 0.2) is 36.7 Å². The van der Waals surface area contributed by atoms with Crippen molar-refractivity contribution >= 4 is 22.4 Å². The minimum absolute atomic E-state index is 0.101. The second kappa shape index (κ2) is 7.83. The molecule has 0 atom stereocenters. The van der Waals surface area contributed by atoms with Gasteiger partial charge in [0.1, 0.15) is 18.8 Å². The van der Waals surface area contributed by atoms with E-state index in [9.17, 15) is 9.50 Å². The van der Waals surface area contributed by atoms with E-state index in [0.29, 0.717) is 41.4 Å². The molecule has 26 heavy (non-hydrogen) atoms. The Labute approximate surface area is 149 Å². The summed E-state index contributed by atoms with van der Waals surface area (Å²) in [6.45, 7) is 0.803. The van der Waals surface area contributed by atoms with Crippen molar-refractivity contribution in [3.63, 3.8) is 0 Å². The quantitative estimate of drug-likeness (QED) is 0.626. The molecule has 0 bridgehead atoms. The van der Waals surface area contributed by atoms with E-state index in [2.05, 4.69) is 15.3 Å². The molecule has 8 heteroatoms. The number of phenols is 1. The predicted molar refractivity (Wildman–Crippen MR) is 94.8 cm³/mol. The Balaban J connectivity index is 2.00. The first-order valence-electron chi connectivity index (χ1n) is 7.83. The highest BCUT2D eigenvalue weighted by atomic mass is 19.1. The number of hydrogen-bond acceptors (Lipinski definition) is 7. The van der Waals surface area contributed by atoms with Gasteiger partial charge in [-0.15, -0.1) is 0 Å². The molecular weight excluding hydrogens is 341 g/mol. The fraction of sp³-hybridized carbons (Fsp3) is 0.222. The summed E-state index contributed by atoms with van der Waals surface area (Å²) in [6, 6.07) is 7.73. The van der Waals surface area contributed by atoms with E-state index in [0.717, 1.165) is 0 Å². The van der Waals surface area contributed by atoms with Gasteiger partial charge in [0, 0.05) is 18.6 Å². The number of phenolic OH excluding ortho intramolecular Hbond substituents is 1. The number of aromatic nitrogens is 2. The number of rotatable bonds is 7. The monoisotopic (exact) mass is 359 g/mol. The molecular formula is C18H18FN3O4. The Hall–Kier alpha value is -3.13. The number of nitrogens with one attached hydrogen (secondary N) is 1. The average Bonchev–Trinajstić information content (AvgIpc) is 2.65. The van der Waals surface area contributed by atoms with Crippen molar-refractivity contribution in [2.24, 2.45) is 0 Å². The van der Waals surface area contributed by atoms with Crippen LogP contribution < -0.4 is 14.8 Å². The SMILES string of the molecule is COCCOc1cc2ncnc(Nc3cccc(O)c3F)c2cc1OC. The third kappa shape index (κ3) is 3.60. The van der Waals surface area contributed by atoms with Gasteiger partial charge in [0.15, 0.2) is 23.1 Å². The smallest absolute Gasteiger partial charge is 0.188 e. The molecule has 136 valence electrons. The van der Waals surface area contributed by atoms with E-state index in [1.807, 2.05) is 0 Å². The molecule has 1 heterocycles. The summed E-state index contributed by atoms with van der Waals surface area (Å²) in [5, 5.41) is 13.0. The van der Waals surface area contributed by atoms with Crippen LogP contribution in [0.25, 0.3) is 10.9 Å². The van der Waals surface area contributed by atoms with Gasteiger partial charge in [0.05, 0.1) is 24.9 Å². The summed E-state index contributed by atoms with van der Waals surface area (Å²) >= 11 is 0. The van der Waals surface area contributed by atoms with Crippen LogP contribution in [0, 0.1) is 5.82 Å². The van der Waals surface area contributed by atoms with Crippen molar-refractivity contribution in [3.05, 3.63) is 42.5 Å². The predicted octanol–water partition coefficient (Wildman–Crippen LogP) is 3.25. The number of methoxy groups -OCH3 is 2. The van der Waals surface area contributed by atoms with Crippen LogP contribution in [0.4, 0.5) is 15.9 Å². The molecule has 0 saturated heterocycles. The molecule has 2 N–H and O–H groups in total. The van der Waals surface area contributed by atoms with E-state index in [1.54, 1.807) is 19.2 Å². The Kier molecular flexibility index (Phi) is 5.33. The second-order valence-electron chi connectivity index (χ2n) is 5.35. The molecule has 0 fully saturated rings. The number of ether oxygens (including phenoxy) is 3. The van der Waals surface area contributed by atoms with E-state index in [1.165, 1.54) is 31.6 Å². The third-order valence-corrected chi connectivity index (χ3v) is 3.70. The van der Waals surface area contributed by atoms with Gasteiger partial charge in [-0.3, -0.25) is 0 Å². The Morgan fingerprint density at radius 2 is 1.96 bits per heavy atom. The molecule has 0 unspecified atom stereocenters. The first kappa shape index (κ1) is 17.7. The van der Waals surface area contributed by atoms with Gasteiger partial charge in [-0.1, -0.05) is 6.07 Å². The van der Waals surface area contributed by atoms with E-state index < -0.39 is 11.6 Å². The van der Waals surface area contributed by atoms with Gasteiger partial charge in [-0.25, -0.2) is 14.4 Å². The van der Waals surface area contributed by atoms with Crippen LogP contribution in [-0.4, -0.2) is 42.5 Å². The molecule has 7 nitrogen and oxygen atoms in total. The lowest BCUT2D eigenvalue weighted by atomic mass is 10.2. The summed E-state index contributed by atoms with van der Waals surface area (Å²) in [5.74, 6) is 0.180. The fourth-order valence-corrected chi connectivity index (χ4v) is 2.41. The number of fused-ring (bicyclic) bond motifs is 1. The van der Waals surface area contributed by atoms with Crippen molar-refractivity contribution in [1.82, 2.24) is 9.97 Å². The average molecular weight is 359 g/mol. The first-order chi connectivity index (χ1) is 12.6. The van der Waals surface area contributed by atoms with Crippen LogP contribution in [0.2, 0.25) is 0 Å². The topological polar surface area (TPSA) is 85.7 Å². The molecule has 0 aliphatic rings. The van der Waals surface area contributed by atoms with Crippen molar-refractivity contribution in [1.29, 1.82) is 0 Å². The molecule has 0 spiro atoms. The molecule has 0 saturated carbocycles. The third-order valence-electron chi connectivity index (χ3n) is 3.70. The lowest BCUT2D eigenvalue weighted by Crippen LogP contribution is -2.06. The Bertz CT molecular complexity index is 920. The highest BCUT2D eigenvalue weighted by Gasteiger charge is 2.14. The summed E-state index contributed by atoms with van der Waals surface area (Å²) in [4.78, 5) is 8.39. The molecule has 2 aromatic carbocycles. The van der Waals surface area contributed by atoms with Crippen LogP contribution in [0.5, 0.6) is 17.2 Å².